The summed E-state index contributed by atoms with van der Waals surface area (Å²) in [6.07, 6.45) is 4.80. The molecule has 0 saturated carbocycles. The average molecular weight is 246 g/mol. The first-order valence-corrected chi connectivity index (χ1v) is 5.52. The third kappa shape index (κ3) is 2.38. The Labute approximate surface area is 103 Å². The summed E-state index contributed by atoms with van der Waals surface area (Å²) in [5, 5.41) is 0. The molecule has 94 valence electrons. The molecule has 2 rings (SSSR count). The van der Waals surface area contributed by atoms with Crippen molar-refractivity contribution in [2.24, 2.45) is 12.8 Å². The zero-order valence-corrected chi connectivity index (χ0v) is 10.0. The number of nitrogens with zero attached hydrogens (tertiary/aromatic N) is 3. The second kappa shape index (κ2) is 4.97. The summed E-state index contributed by atoms with van der Waals surface area (Å²) < 4.78 is 2.63. The topological polar surface area (TPSA) is 82.9 Å². The molecular formula is C12H14N4O2. The van der Waals surface area contributed by atoms with E-state index in [2.05, 4.69) is 4.98 Å². The Morgan fingerprint density at radius 1 is 1.28 bits per heavy atom. The second-order valence-corrected chi connectivity index (χ2v) is 4.01. The number of hydrogen-bond donors (Lipinski definition) is 1. The molecule has 0 aromatic carbocycles. The number of hydrogen-bond acceptors (Lipinski definition) is 4. The Bertz CT molecular complexity index is 672. The van der Waals surface area contributed by atoms with Crippen LogP contribution in [-0.4, -0.2) is 14.1 Å². The first-order chi connectivity index (χ1) is 8.61. The van der Waals surface area contributed by atoms with E-state index in [1.807, 2.05) is 6.07 Å². The summed E-state index contributed by atoms with van der Waals surface area (Å²) in [4.78, 5) is 27.3. The van der Waals surface area contributed by atoms with E-state index in [0.717, 1.165) is 11.3 Å². The summed E-state index contributed by atoms with van der Waals surface area (Å²) in [7, 11) is 1.55. The van der Waals surface area contributed by atoms with Gasteiger partial charge in [0, 0.05) is 32.2 Å². The Morgan fingerprint density at radius 2 is 2.06 bits per heavy atom. The van der Waals surface area contributed by atoms with Gasteiger partial charge >= 0.3 is 11.1 Å². The molecule has 0 saturated heterocycles. The van der Waals surface area contributed by atoms with E-state index < -0.39 is 11.1 Å². The van der Waals surface area contributed by atoms with E-state index in [4.69, 9.17) is 5.73 Å². The second-order valence-electron chi connectivity index (χ2n) is 4.01. The van der Waals surface area contributed by atoms with Gasteiger partial charge in [0.2, 0.25) is 0 Å². The van der Waals surface area contributed by atoms with Crippen LogP contribution in [-0.2, 0) is 20.1 Å². The van der Waals surface area contributed by atoms with Gasteiger partial charge < -0.3 is 14.9 Å². The maximum absolute atomic E-state index is 11.7. The largest absolute Gasteiger partial charge is 0.325 e. The van der Waals surface area contributed by atoms with Crippen molar-refractivity contribution in [1.29, 1.82) is 0 Å². The molecule has 0 spiro atoms. The van der Waals surface area contributed by atoms with Gasteiger partial charge in [-0.15, -0.1) is 0 Å². The van der Waals surface area contributed by atoms with E-state index in [1.165, 1.54) is 9.13 Å². The molecule has 0 aliphatic carbocycles. The van der Waals surface area contributed by atoms with Crippen molar-refractivity contribution in [2.75, 3.05) is 0 Å². The number of pyridine rings is 1. The predicted octanol–water partition coefficient (Wildman–Crippen LogP) is -0.551. The Hall–Kier alpha value is -2.21. The van der Waals surface area contributed by atoms with Gasteiger partial charge in [0.05, 0.1) is 12.2 Å². The van der Waals surface area contributed by atoms with Gasteiger partial charge in [-0.1, -0.05) is 0 Å². The van der Waals surface area contributed by atoms with Crippen molar-refractivity contribution in [3.8, 4) is 0 Å². The molecule has 2 aromatic rings. The Balaban J connectivity index is 2.37. The van der Waals surface area contributed by atoms with E-state index in [0.29, 0.717) is 13.1 Å². The minimum absolute atomic E-state index is 0.338. The lowest BCUT2D eigenvalue weighted by molar-refractivity contribution is 0.693. The van der Waals surface area contributed by atoms with Crippen LogP contribution >= 0.6 is 0 Å². The molecule has 0 aliphatic rings. The van der Waals surface area contributed by atoms with Gasteiger partial charge in [0.25, 0.3) is 0 Å². The summed E-state index contributed by atoms with van der Waals surface area (Å²) in [5.74, 6) is 0. The lowest BCUT2D eigenvalue weighted by atomic mass is 10.2. The highest BCUT2D eigenvalue weighted by Crippen LogP contribution is 2.02. The number of aryl methyl sites for hydroxylation is 1. The van der Waals surface area contributed by atoms with Gasteiger partial charge in [-0.05, 0) is 17.7 Å². The fourth-order valence-electron chi connectivity index (χ4n) is 1.65. The molecule has 0 unspecified atom stereocenters. The Morgan fingerprint density at radius 3 is 2.78 bits per heavy atom. The van der Waals surface area contributed by atoms with Crippen molar-refractivity contribution in [2.45, 2.75) is 13.1 Å². The third-order valence-electron chi connectivity index (χ3n) is 2.68. The molecule has 0 amide bonds. The molecule has 18 heavy (non-hydrogen) atoms. The molecule has 2 aromatic heterocycles. The van der Waals surface area contributed by atoms with Crippen LogP contribution in [0.3, 0.4) is 0 Å². The summed E-state index contributed by atoms with van der Waals surface area (Å²) in [6, 6.07) is 3.62. The summed E-state index contributed by atoms with van der Waals surface area (Å²) in [5.41, 5.74) is 6.07. The van der Waals surface area contributed by atoms with Crippen LogP contribution in [0, 0.1) is 0 Å². The van der Waals surface area contributed by atoms with Crippen LogP contribution in [0.15, 0.2) is 40.3 Å². The zero-order chi connectivity index (χ0) is 13.1. The van der Waals surface area contributed by atoms with Gasteiger partial charge in [-0.2, -0.15) is 0 Å². The molecule has 0 bridgehead atoms. The van der Waals surface area contributed by atoms with Crippen LogP contribution in [0.4, 0.5) is 0 Å². The first kappa shape index (κ1) is 12.3. The molecule has 6 nitrogen and oxygen atoms in total. The van der Waals surface area contributed by atoms with Gasteiger partial charge in [0.15, 0.2) is 0 Å². The minimum atomic E-state index is -0.536. The quantitative estimate of drug-likeness (QED) is 0.736. The van der Waals surface area contributed by atoms with E-state index in [9.17, 15) is 9.59 Å². The SMILES string of the molecule is Cn1ccn(Cc2ccnc(CN)c2)c(=O)c1=O. The molecule has 0 fully saturated rings. The zero-order valence-electron chi connectivity index (χ0n) is 10.0. The van der Waals surface area contributed by atoms with Crippen molar-refractivity contribution in [3.05, 3.63) is 62.7 Å². The van der Waals surface area contributed by atoms with Crippen LogP contribution in [0.5, 0.6) is 0 Å². The van der Waals surface area contributed by atoms with Crippen LogP contribution in [0.1, 0.15) is 11.3 Å². The highest BCUT2D eigenvalue weighted by atomic mass is 16.2. The molecule has 6 heteroatoms. The lowest BCUT2D eigenvalue weighted by Crippen LogP contribution is -2.39. The van der Waals surface area contributed by atoms with Crippen molar-refractivity contribution in [1.82, 2.24) is 14.1 Å². The van der Waals surface area contributed by atoms with E-state index >= 15 is 0 Å². The molecular weight excluding hydrogens is 232 g/mol. The average Bonchev–Trinajstić information content (AvgIpc) is 2.40. The monoisotopic (exact) mass is 246 g/mol. The number of nitrogens with two attached hydrogens (primary N) is 1. The fraction of sp³-hybridized carbons (Fsp3) is 0.250. The summed E-state index contributed by atoms with van der Waals surface area (Å²) in [6.45, 7) is 0.684. The van der Waals surface area contributed by atoms with Crippen LogP contribution < -0.4 is 16.9 Å². The molecule has 2 heterocycles. The van der Waals surface area contributed by atoms with Crippen molar-refractivity contribution in [3.63, 3.8) is 0 Å². The van der Waals surface area contributed by atoms with Crippen molar-refractivity contribution < 1.29 is 0 Å². The predicted molar refractivity (Wildman–Crippen MR) is 67.2 cm³/mol. The van der Waals surface area contributed by atoms with Gasteiger partial charge in [-0.25, -0.2) is 0 Å². The normalized spacial score (nSPS) is 10.6. The number of aromatic nitrogens is 3. The molecule has 0 atom stereocenters. The van der Waals surface area contributed by atoms with Gasteiger partial charge in [0.1, 0.15) is 0 Å². The molecule has 0 radical (unpaired) electrons. The Kier molecular flexibility index (Phi) is 3.38. The minimum Gasteiger partial charge on any atom is -0.325 e. The maximum atomic E-state index is 11.7. The van der Waals surface area contributed by atoms with Crippen molar-refractivity contribution >= 4 is 0 Å². The van der Waals surface area contributed by atoms with Gasteiger partial charge in [-0.3, -0.25) is 14.6 Å². The molecule has 2 N–H and O–H groups in total. The first-order valence-electron chi connectivity index (χ1n) is 5.52. The highest BCUT2D eigenvalue weighted by molar-refractivity contribution is 5.16. The van der Waals surface area contributed by atoms with Crippen LogP contribution in [0.25, 0.3) is 0 Å². The highest BCUT2D eigenvalue weighted by Gasteiger charge is 2.03. The van der Waals surface area contributed by atoms with Crippen LogP contribution in [0.2, 0.25) is 0 Å². The third-order valence-corrected chi connectivity index (χ3v) is 2.68. The van der Waals surface area contributed by atoms with E-state index in [1.54, 1.807) is 31.7 Å². The standard InChI is InChI=1S/C12H14N4O2/c1-15-4-5-16(12(18)11(15)17)8-9-2-3-14-10(6-9)7-13/h2-6H,7-8,13H2,1H3. The number of rotatable bonds is 3. The smallest absolute Gasteiger partial charge is 0.316 e. The lowest BCUT2D eigenvalue weighted by Gasteiger charge is -2.07. The maximum Gasteiger partial charge on any atom is 0.316 e. The fourth-order valence-corrected chi connectivity index (χ4v) is 1.65. The summed E-state index contributed by atoms with van der Waals surface area (Å²) >= 11 is 0. The molecule has 0 aliphatic heterocycles. The van der Waals surface area contributed by atoms with E-state index in [-0.39, 0.29) is 0 Å².